The third-order valence-electron chi connectivity index (χ3n) is 12.7. The van der Waals surface area contributed by atoms with Gasteiger partial charge in [-0.25, -0.2) is 19.2 Å². The molecule has 15 heteroatoms. The first-order valence-corrected chi connectivity index (χ1v) is 21.5. The highest BCUT2D eigenvalue weighted by molar-refractivity contribution is 5.91. The van der Waals surface area contributed by atoms with Crippen molar-refractivity contribution in [3.63, 3.8) is 0 Å². The fourth-order valence-corrected chi connectivity index (χ4v) is 9.36. The zero-order chi connectivity index (χ0) is 43.5. The van der Waals surface area contributed by atoms with E-state index in [1.54, 1.807) is 11.1 Å². The van der Waals surface area contributed by atoms with Crippen LogP contribution in [-0.2, 0) is 23.9 Å². The standard InChI is InChI=1S/C48H49FN8O6/c1-62-48(61)55-43(31-14-16-37(49)17-15-31)47(60)57-21-3-5-41(57)44-50-26-38(53-44)30-8-6-29(7-9-30)33-10-11-35-25-36(13-12-34(35)24-33)39-27-51-45(54-39)40-4-2-20-56(40)46(59)42(52-28-58)32-18-22-63-23-19-32/h6-17,24-28,32,40-43H,2-5,18-23H2,1H3,(H,50,53)(H,51,54)(H,52,58)(H,55,61)/t40-,41-,42-,43+/m0/s1. The maximum absolute atomic E-state index is 13.9. The summed E-state index contributed by atoms with van der Waals surface area (Å²) in [4.78, 5) is 71.5. The van der Waals surface area contributed by atoms with E-state index in [2.05, 4.69) is 74.1 Å². The number of ether oxygens (including phenoxy) is 2. The lowest BCUT2D eigenvalue weighted by Gasteiger charge is -2.33. The Morgan fingerprint density at radius 3 is 2.14 bits per heavy atom. The molecular weight excluding hydrogens is 804 g/mol. The van der Waals surface area contributed by atoms with Gasteiger partial charge >= 0.3 is 6.09 Å². The summed E-state index contributed by atoms with van der Waals surface area (Å²) in [5.41, 5.74) is 6.10. The number of hydrogen-bond acceptors (Lipinski definition) is 8. The van der Waals surface area contributed by atoms with Crippen LogP contribution < -0.4 is 10.6 Å². The molecule has 0 aliphatic carbocycles. The topological polar surface area (TPSA) is 175 Å². The number of H-pyrrole nitrogens is 2. The van der Waals surface area contributed by atoms with Gasteiger partial charge in [0.25, 0.3) is 5.91 Å². The van der Waals surface area contributed by atoms with Gasteiger partial charge in [0.1, 0.15) is 29.5 Å². The molecule has 0 bridgehead atoms. The molecule has 2 aromatic heterocycles. The van der Waals surface area contributed by atoms with Gasteiger partial charge in [-0.3, -0.25) is 14.4 Å². The second kappa shape index (κ2) is 18.2. The fraction of sp³-hybridized carbons (Fsp3) is 0.333. The molecule has 4 atom stereocenters. The molecule has 324 valence electrons. The third-order valence-corrected chi connectivity index (χ3v) is 12.7. The number of benzene rings is 4. The van der Waals surface area contributed by atoms with Crippen LogP contribution in [0.1, 0.15) is 73.9 Å². The second-order valence-electron chi connectivity index (χ2n) is 16.4. The Morgan fingerprint density at radius 2 is 1.44 bits per heavy atom. The van der Waals surface area contributed by atoms with E-state index in [1.165, 1.54) is 31.4 Å². The number of nitrogens with zero attached hydrogens (tertiary/aromatic N) is 4. The van der Waals surface area contributed by atoms with Gasteiger partial charge < -0.3 is 39.9 Å². The van der Waals surface area contributed by atoms with Crippen molar-refractivity contribution in [1.82, 2.24) is 40.4 Å². The number of likely N-dealkylation sites (tertiary alicyclic amines) is 2. The van der Waals surface area contributed by atoms with Gasteiger partial charge in [-0.2, -0.15) is 0 Å². The summed E-state index contributed by atoms with van der Waals surface area (Å²) in [5.74, 6) is 0.608. The molecule has 3 saturated heterocycles. The van der Waals surface area contributed by atoms with Crippen molar-refractivity contribution in [2.24, 2.45) is 5.92 Å². The van der Waals surface area contributed by atoms with E-state index in [4.69, 9.17) is 14.5 Å². The number of carbonyl (C=O) groups excluding carboxylic acids is 4. The fourth-order valence-electron chi connectivity index (χ4n) is 9.36. The summed E-state index contributed by atoms with van der Waals surface area (Å²) in [6.45, 7) is 2.28. The lowest BCUT2D eigenvalue weighted by molar-refractivity contribution is -0.138. The van der Waals surface area contributed by atoms with E-state index < -0.39 is 24.0 Å². The minimum Gasteiger partial charge on any atom is -0.453 e. The van der Waals surface area contributed by atoms with Crippen LogP contribution in [-0.4, -0.2) is 93.5 Å². The molecule has 3 aliphatic rings. The summed E-state index contributed by atoms with van der Waals surface area (Å²) in [6.07, 6.45) is 8.13. The highest BCUT2D eigenvalue weighted by Crippen LogP contribution is 2.37. The second-order valence-corrected chi connectivity index (χ2v) is 16.4. The highest BCUT2D eigenvalue weighted by Gasteiger charge is 2.40. The van der Waals surface area contributed by atoms with E-state index in [1.807, 2.05) is 23.2 Å². The number of carbonyl (C=O) groups is 4. The van der Waals surface area contributed by atoms with Crippen LogP contribution >= 0.6 is 0 Å². The van der Waals surface area contributed by atoms with E-state index >= 15 is 0 Å². The number of nitrogens with one attached hydrogen (secondary N) is 4. The smallest absolute Gasteiger partial charge is 0.407 e. The molecule has 4 amide bonds. The first-order chi connectivity index (χ1) is 30.8. The van der Waals surface area contributed by atoms with Crippen molar-refractivity contribution in [3.8, 4) is 33.6 Å². The molecule has 6 aromatic rings. The summed E-state index contributed by atoms with van der Waals surface area (Å²) in [5, 5.41) is 7.58. The van der Waals surface area contributed by atoms with Crippen molar-refractivity contribution < 1.29 is 33.0 Å². The lowest BCUT2D eigenvalue weighted by atomic mass is 9.90. The monoisotopic (exact) mass is 852 g/mol. The zero-order valence-electron chi connectivity index (χ0n) is 34.9. The molecular formula is C48H49FN8O6. The number of hydrogen-bond donors (Lipinski definition) is 4. The highest BCUT2D eigenvalue weighted by atomic mass is 19.1. The van der Waals surface area contributed by atoms with Crippen LogP contribution in [0.15, 0.2) is 97.3 Å². The Labute approximate surface area is 363 Å². The van der Waals surface area contributed by atoms with Gasteiger partial charge in [-0.1, -0.05) is 60.7 Å². The van der Waals surface area contributed by atoms with Crippen molar-refractivity contribution in [1.29, 1.82) is 0 Å². The molecule has 4 N–H and O–H groups in total. The van der Waals surface area contributed by atoms with Crippen LogP contribution in [0.3, 0.4) is 0 Å². The number of alkyl carbamates (subject to hydrolysis) is 1. The van der Waals surface area contributed by atoms with Crippen LogP contribution in [0.4, 0.5) is 9.18 Å². The molecule has 5 heterocycles. The van der Waals surface area contributed by atoms with Crippen molar-refractivity contribution in [3.05, 3.63) is 120 Å². The van der Waals surface area contributed by atoms with Gasteiger partial charge in [-0.15, -0.1) is 0 Å². The molecule has 0 spiro atoms. The molecule has 0 radical (unpaired) electrons. The number of imidazole rings is 2. The number of amides is 4. The van der Waals surface area contributed by atoms with Crippen molar-refractivity contribution in [2.45, 2.75) is 62.7 Å². The summed E-state index contributed by atoms with van der Waals surface area (Å²) >= 11 is 0. The van der Waals surface area contributed by atoms with Crippen molar-refractivity contribution >= 4 is 35.1 Å². The van der Waals surface area contributed by atoms with Gasteiger partial charge in [0.05, 0.1) is 36.8 Å². The molecule has 3 aliphatic heterocycles. The molecule has 9 rings (SSSR count). The Hall–Kier alpha value is -6.87. The molecule has 4 aromatic carbocycles. The Morgan fingerprint density at radius 1 is 0.810 bits per heavy atom. The van der Waals surface area contributed by atoms with Crippen LogP contribution in [0.25, 0.3) is 44.4 Å². The summed E-state index contributed by atoms with van der Waals surface area (Å²) in [7, 11) is 1.23. The summed E-state index contributed by atoms with van der Waals surface area (Å²) in [6, 6.07) is 24.3. The van der Waals surface area contributed by atoms with Gasteiger partial charge in [0.2, 0.25) is 12.3 Å². The van der Waals surface area contributed by atoms with Gasteiger partial charge in [0, 0.05) is 38.1 Å². The van der Waals surface area contributed by atoms with Crippen molar-refractivity contribution in [2.75, 3.05) is 33.4 Å². The molecule has 3 fully saturated rings. The molecule has 0 unspecified atom stereocenters. The van der Waals surface area contributed by atoms with Crippen LogP contribution in [0, 0.1) is 11.7 Å². The maximum atomic E-state index is 13.9. The average Bonchev–Trinajstić information content (AvgIpc) is 4.18. The van der Waals surface area contributed by atoms with Gasteiger partial charge in [-0.05, 0) is 102 Å². The lowest BCUT2D eigenvalue weighted by Crippen LogP contribution is -2.51. The van der Waals surface area contributed by atoms with Gasteiger partial charge in [0.15, 0.2) is 0 Å². The summed E-state index contributed by atoms with van der Waals surface area (Å²) < 4.78 is 24.0. The van der Waals surface area contributed by atoms with Crippen LogP contribution in [0.5, 0.6) is 0 Å². The zero-order valence-corrected chi connectivity index (χ0v) is 34.9. The normalized spacial score (nSPS) is 18.9. The molecule has 0 saturated carbocycles. The number of aromatic amines is 2. The van der Waals surface area contributed by atoms with E-state index in [9.17, 15) is 23.6 Å². The molecule has 14 nitrogen and oxygen atoms in total. The largest absolute Gasteiger partial charge is 0.453 e. The predicted molar refractivity (Wildman–Crippen MR) is 233 cm³/mol. The first kappa shape index (κ1) is 41.5. The maximum Gasteiger partial charge on any atom is 0.407 e. The minimum atomic E-state index is -1.05. The Bertz CT molecular complexity index is 2610. The predicted octanol–water partition coefficient (Wildman–Crippen LogP) is 7.39. The molecule has 63 heavy (non-hydrogen) atoms. The number of halogens is 1. The number of aromatic nitrogens is 4. The first-order valence-electron chi connectivity index (χ1n) is 21.5. The minimum absolute atomic E-state index is 0.0469. The van der Waals surface area contributed by atoms with E-state index in [0.717, 1.165) is 82.3 Å². The van der Waals surface area contributed by atoms with E-state index in [-0.39, 0.29) is 29.8 Å². The number of fused-ring (bicyclic) bond motifs is 1. The number of rotatable bonds is 12. The Kier molecular flexibility index (Phi) is 12.0. The SMILES string of the molecule is COC(=O)N[C@@H](C(=O)N1CCC[C@H]1c1ncc(-c2ccc(-c3ccc4cc(-c5c[nH]c([C@@H]6CCCN6C(=O)[C@@H](NC=O)C6CCOCC6)n5)ccc4c3)cc2)[nH]1)c1ccc(F)cc1. The van der Waals surface area contributed by atoms with Crippen LogP contribution in [0.2, 0.25) is 0 Å². The Balaban J connectivity index is 0.868. The third kappa shape index (κ3) is 8.65. The van der Waals surface area contributed by atoms with E-state index in [0.29, 0.717) is 50.5 Å². The quantitative estimate of drug-likeness (QED) is 0.0923. The number of methoxy groups -OCH3 is 1. The average molecular weight is 853 g/mol.